The number of hydrogen-bond donors (Lipinski definition) is 4. The molecule has 7 nitrogen and oxygen atoms in total. The number of aromatic nitrogens is 2. The van der Waals surface area contributed by atoms with Crippen molar-refractivity contribution < 1.29 is 4.42 Å². The molecule has 0 atom stereocenters. The van der Waals surface area contributed by atoms with Crippen LogP contribution in [0.5, 0.6) is 0 Å². The average molecular weight is 366 g/mol. The lowest BCUT2D eigenvalue weighted by Gasteiger charge is -2.11. The largest absolute Gasteiger partial charge is 0.438 e. The van der Waals surface area contributed by atoms with Crippen LogP contribution in [0.3, 0.4) is 0 Å². The summed E-state index contributed by atoms with van der Waals surface area (Å²) < 4.78 is 6.05. The topological polar surface area (TPSA) is 142 Å². The second-order valence-electron chi connectivity index (χ2n) is 6.55. The summed E-state index contributed by atoms with van der Waals surface area (Å²) in [6.07, 6.45) is 0. The Labute approximate surface area is 158 Å². The lowest BCUT2D eigenvalue weighted by molar-refractivity contribution is 0.644. The molecule has 0 unspecified atom stereocenters. The lowest BCUT2D eigenvalue weighted by atomic mass is 10.00. The third-order valence-corrected chi connectivity index (χ3v) is 4.81. The van der Waals surface area contributed by atoms with Gasteiger partial charge in [0.25, 0.3) is 0 Å². The molecule has 0 fully saturated rings. The van der Waals surface area contributed by atoms with E-state index < -0.39 is 0 Å². The number of pyridine rings is 1. The normalized spacial score (nSPS) is 11.2. The van der Waals surface area contributed by atoms with Gasteiger partial charge in [-0.25, -0.2) is 0 Å². The standard InChI is InChI=1S/C21H14N6O/c22-9-14-19-18-13(7-11(23)8-16(24)26-19)17-12-4-2-1-3-10(12)5-6-15(17)28-21(18)27-20(14)25/h1-8,25-26H,23-24H2. The molecule has 0 spiro atoms. The van der Waals surface area contributed by atoms with E-state index >= 15 is 0 Å². The van der Waals surface area contributed by atoms with Gasteiger partial charge in [-0.2, -0.15) is 10.2 Å². The third-order valence-electron chi connectivity index (χ3n) is 4.81. The molecule has 134 valence electrons. The smallest absolute Gasteiger partial charge is 0.231 e. The number of anilines is 2. The highest BCUT2D eigenvalue weighted by atomic mass is 16.3. The first kappa shape index (κ1) is 15.9. The highest BCUT2D eigenvalue weighted by Gasteiger charge is 2.16. The van der Waals surface area contributed by atoms with Crippen LogP contribution < -0.4 is 17.0 Å². The Balaban J connectivity index is 2.24. The van der Waals surface area contributed by atoms with Crippen LogP contribution in [0.1, 0.15) is 5.56 Å². The Kier molecular flexibility index (Phi) is 3.18. The number of H-pyrrole nitrogens is 1. The van der Waals surface area contributed by atoms with Crippen molar-refractivity contribution in [1.29, 1.82) is 10.7 Å². The molecule has 0 aliphatic rings. The fourth-order valence-corrected chi connectivity index (χ4v) is 3.68. The SMILES string of the molecule is N#Cc1c(=N)nc2oc3ccc4ccccc4c3c3cc(N)cc(N)[nH]c1c23. The monoisotopic (exact) mass is 366 g/mol. The predicted molar refractivity (Wildman–Crippen MR) is 109 cm³/mol. The summed E-state index contributed by atoms with van der Waals surface area (Å²) in [5, 5.41) is 22.0. The number of nitrogen functional groups attached to an aromatic ring is 2. The van der Waals surface area contributed by atoms with E-state index in [4.69, 9.17) is 21.3 Å². The third kappa shape index (κ3) is 2.15. The van der Waals surface area contributed by atoms with Crippen molar-refractivity contribution in [2.24, 2.45) is 0 Å². The fourth-order valence-electron chi connectivity index (χ4n) is 3.68. The average Bonchev–Trinajstić information content (AvgIpc) is 2.66. The van der Waals surface area contributed by atoms with Crippen molar-refractivity contribution in [3.05, 3.63) is 59.6 Å². The molecular formula is C21H14N6O. The number of nitrogens with two attached hydrogens (primary N) is 2. The highest BCUT2D eigenvalue weighted by molar-refractivity contribution is 6.24. The molecule has 0 aliphatic carbocycles. The number of nitrogens with zero attached hydrogens (tertiary/aromatic N) is 2. The maximum Gasteiger partial charge on any atom is 0.231 e. The molecule has 3 aromatic heterocycles. The summed E-state index contributed by atoms with van der Waals surface area (Å²) >= 11 is 0. The zero-order valence-corrected chi connectivity index (χ0v) is 14.6. The van der Waals surface area contributed by atoms with Gasteiger partial charge in [-0.05, 0) is 22.9 Å². The van der Waals surface area contributed by atoms with E-state index in [1.54, 1.807) is 12.1 Å². The van der Waals surface area contributed by atoms with Gasteiger partial charge in [-0.1, -0.05) is 30.3 Å². The molecule has 3 heterocycles. The predicted octanol–water partition coefficient (Wildman–Crippen LogP) is 3.69. The molecule has 5 rings (SSSR count). The summed E-state index contributed by atoms with van der Waals surface area (Å²) in [6, 6.07) is 17.2. The fraction of sp³-hybridized carbons (Fsp3) is 0. The Bertz CT molecular complexity index is 1570. The Morgan fingerprint density at radius 2 is 1.86 bits per heavy atom. The second-order valence-corrected chi connectivity index (χ2v) is 6.55. The number of fused-ring (bicyclic) bond motifs is 4. The number of benzene rings is 2. The molecule has 5 aromatic rings. The molecule has 0 saturated carbocycles. The quantitative estimate of drug-likeness (QED) is 0.244. The van der Waals surface area contributed by atoms with E-state index in [1.807, 2.05) is 42.5 Å². The van der Waals surface area contributed by atoms with Crippen molar-refractivity contribution in [3.63, 3.8) is 0 Å². The summed E-state index contributed by atoms with van der Waals surface area (Å²) in [4.78, 5) is 7.22. The van der Waals surface area contributed by atoms with Gasteiger partial charge in [-0.3, -0.25) is 5.41 Å². The summed E-state index contributed by atoms with van der Waals surface area (Å²) in [5.74, 6) is 0.265. The molecule has 0 amide bonds. The minimum atomic E-state index is -0.183. The Morgan fingerprint density at radius 1 is 1.04 bits per heavy atom. The van der Waals surface area contributed by atoms with E-state index in [1.165, 1.54) is 0 Å². The van der Waals surface area contributed by atoms with Crippen molar-refractivity contribution >= 4 is 55.2 Å². The second kappa shape index (κ2) is 5.59. The van der Waals surface area contributed by atoms with E-state index in [2.05, 4.69) is 9.97 Å². The molecule has 6 N–H and O–H groups in total. The van der Waals surface area contributed by atoms with Crippen molar-refractivity contribution in [2.75, 3.05) is 11.5 Å². The molecule has 2 aromatic carbocycles. The highest BCUT2D eigenvalue weighted by Crippen LogP contribution is 2.36. The number of aromatic amines is 1. The van der Waals surface area contributed by atoms with Crippen LogP contribution in [0.2, 0.25) is 0 Å². The molecule has 7 heteroatoms. The summed E-state index contributed by atoms with van der Waals surface area (Å²) in [6.45, 7) is 0. The number of nitriles is 1. The maximum atomic E-state index is 9.61. The van der Waals surface area contributed by atoms with E-state index in [-0.39, 0.29) is 22.6 Å². The summed E-state index contributed by atoms with van der Waals surface area (Å²) in [7, 11) is 0. The molecule has 0 saturated heterocycles. The van der Waals surface area contributed by atoms with Crippen LogP contribution in [0.4, 0.5) is 11.5 Å². The van der Waals surface area contributed by atoms with Crippen LogP contribution in [0, 0.1) is 16.7 Å². The minimum Gasteiger partial charge on any atom is -0.438 e. The first-order valence-corrected chi connectivity index (χ1v) is 8.55. The van der Waals surface area contributed by atoms with Gasteiger partial charge in [0.2, 0.25) is 5.71 Å². The van der Waals surface area contributed by atoms with E-state index in [0.29, 0.717) is 22.2 Å². The van der Waals surface area contributed by atoms with Gasteiger partial charge >= 0.3 is 0 Å². The zero-order valence-electron chi connectivity index (χ0n) is 14.6. The van der Waals surface area contributed by atoms with Crippen molar-refractivity contribution in [3.8, 4) is 6.07 Å². The minimum absolute atomic E-state index is 0.0914. The van der Waals surface area contributed by atoms with Gasteiger partial charge in [0, 0.05) is 22.5 Å². The van der Waals surface area contributed by atoms with Crippen LogP contribution in [0.15, 0.2) is 52.9 Å². The first-order valence-electron chi connectivity index (χ1n) is 8.55. The molecule has 0 aliphatic heterocycles. The number of rotatable bonds is 0. The number of nitrogens with one attached hydrogen (secondary N) is 2. The molecular weight excluding hydrogens is 352 g/mol. The van der Waals surface area contributed by atoms with Gasteiger partial charge in [-0.15, -0.1) is 0 Å². The molecule has 0 bridgehead atoms. The van der Waals surface area contributed by atoms with Crippen molar-refractivity contribution in [2.45, 2.75) is 0 Å². The Morgan fingerprint density at radius 3 is 2.68 bits per heavy atom. The van der Waals surface area contributed by atoms with Crippen LogP contribution in [-0.2, 0) is 0 Å². The molecule has 0 radical (unpaired) electrons. The number of hydrogen-bond acceptors (Lipinski definition) is 6. The first-order chi connectivity index (χ1) is 13.6. The van der Waals surface area contributed by atoms with E-state index in [0.717, 1.165) is 21.5 Å². The zero-order chi connectivity index (χ0) is 19.4. The summed E-state index contributed by atoms with van der Waals surface area (Å²) in [5.41, 5.74) is 13.8. The van der Waals surface area contributed by atoms with Crippen LogP contribution >= 0.6 is 0 Å². The van der Waals surface area contributed by atoms with E-state index in [9.17, 15) is 5.26 Å². The van der Waals surface area contributed by atoms with Crippen LogP contribution in [0.25, 0.3) is 43.7 Å². The molecule has 28 heavy (non-hydrogen) atoms. The van der Waals surface area contributed by atoms with Gasteiger partial charge in [0.15, 0.2) is 5.49 Å². The van der Waals surface area contributed by atoms with Crippen molar-refractivity contribution in [1.82, 2.24) is 9.97 Å². The van der Waals surface area contributed by atoms with Crippen LogP contribution in [-0.4, -0.2) is 9.97 Å². The lowest BCUT2D eigenvalue weighted by Crippen LogP contribution is -2.12. The van der Waals surface area contributed by atoms with Gasteiger partial charge in [0.1, 0.15) is 23.0 Å². The van der Waals surface area contributed by atoms with Gasteiger partial charge in [0.05, 0.1) is 10.9 Å². The van der Waals surface area contributed by atoms with Gasteiger partial charge < -0.3 is 20.9 Å². The Hall–Kier alpha value is -4.31. The maximum absolute atomic E-state index is 9.61.